The van der Waals surface area contributed by atoms with E-state index in [0.717, 1.165) is 0 Å². The van der Waals surface area contributed by atoms with Crippen LogP contribution in [0, 0.1) is 0 Å². The summed E-state index contributed by atoms with van der Waals surface area (Å²) in [5.41, 5.74) is 0. The van der Waals surface area contributed by atoms with Crippen LogP contribution in [0.3, 0.4) is 0 Å². The van der Waals surface area contributed by atoms with Gasteiger partial charge in [-0.25, -0.2) is 0 Å². The third-order valence-electron chi connectivity index (χ3n) is 3.21. The third-order valence-corrected chi connectivity index (χ3v) is 7.35. The standard InChI is InChI=1S/C8H18N2Si/c9-11(7-3-4-8-11)10-5-1-2-6-10/h1-9H2. The van der Waals surface area contributed by atoms with Gasteiger partial charge in [-0.15, -0.1) is 0 Å². The summed E-state index contributed by atoms with van der Waals surface area (Å²) in [6.07, 6.45) is 5.59. The second-order valence-electron chi connectivity index (χ2n) is 4.00. The maximum absolute atomic E-state index is 6.43. The topological polar surface area (TPSA) is 29.3 Å². The molecule has 11 heavy (non-hydrogen) atoms. The van der Waals surface area contributed by atoms with Crippen molar-refractivity contribution >= 4 is 8.40 Å². The minimum absolute atomic E-state index is 1.31. The van der Waals surface area contributed by atoms with E-state index < -0.39 is 8.40 Å². The van der Waals surface area contributed by atoms with E-state index in [2.05, 4.69) is 4.57 Å². The van der Waals surface area contributed by atoms with Gasteiger partial charge >= 0.3 is 0 Å². The van der Waals surface area contributed by atoms with Crippen molar-refractivity contribution in [2.75, 3.05) is 13.1 Å². The predicted molar refractivity (Wildman–Crippen MR) is 49.6 cm³/mol. The Bertz CT molecular complexity index is 137. The van der Waals surface area contributed by atoms with Crippen molar-refractivity contribution in [1.29, 1.82) is 0 Å². The monoisotopic (exact) mass is 170 g/mol. The first-order valence-electron chi connectivity index (χ1n) is 4.85. The average molecular weight is 170 g/mol. The van der Waals surface area contributed by atoms with Crippen LogP contribution in [0.15, 0.2) is 0 Å². The molecule has 2 fully saturated rings. The molecule has 0 aromatic heterocycles. The fourth-order valence-electron chi connectivity index (χ4n) is 2.47. The van der Waals surface area contributed by atoms with Crippen molar-refractivity contribution in [3.8, 4) is 0 Å². The van der Waals surface area contributed by atoms with Crippen LogP contribution in [-0.2, 0) is 0 Å². The summed E-state index contributed by atoms with van der Waals surface area (Å²) in [6.45, 7) is 2.62. The van der Waals surface area contributed by atoms with Crippen molar-refractivity contribution in [1.82, 2.24) is 4.57 Å². The van der Waals surface area contributed by atoms with Crippen molar-refractivity contribution in [2.24, 2.45) is 5.40 Å². The Morgan fingerprint density at radius 2 is 1.45 bits per heavy atom. The Morgan fingerprint density at radius 3 is 2.00 bits per heavy atom. The third kappa shape index (κ3) is 1.37. The molecular formula is C8H18N2Si. The molecule has 0 spiro atoms. The molecule has 3 heteroatoms. The lowest BCUT2D eigenvalue weighted by molar-refractivity contribution is 0.513. The normalized spacial score (nSPS) is 31.4. The summed E-state index contributed by atoms with van der Waals surface area (Å²) >= 11 is 0. The average Bonchev–Trinajstić information content (AvgIpc) is 2.55. The van der Waals surface area contributed by atoms with Crippen LogP contribution in [0.1, 0.15) is 25.7 Å². The SMILES string of the molecule is N[Si]1(N2CCCC2)CCCC1. The molecule has 0 atom stereocenters. The van der Waals surface area contributed by atoms with Crippen LogP contribution >= 0.6 is 0 Å². The van der Waals surface area contributed by atoms with Crippen molar-refractivity contribution < 1.29 is 0 Å². The molecule has 0 aromatic rings. The minimum atomic E-state index is -1.32. The molecule has 64 valence electrons. The molecule has 2 heterocycles. The predicted octanol–water partition coefficient (Wildman–Crippen LogP) is 1.28. The minimum Gasteiger partial charge on any atom is -0.339 e. The molecule has 0 aromatic carbocycles. The summed E-state index contributed by atoms with van der Waals surface area (Å²) in [4.78, 5) is 0. The number of hydrogen-bond donors (Lipinski definition) is 1. The first-order chi connectivity index (χ1) is 5.31. The number of hydrogen-bond acceptors (Lipinski definition) is 2. The van der Waals surface area contributed by atoms with Gasteiger partial charge in [0.05, 0.1) is 0 Å². The first-order valence-corrected chi connectivity index (χ1v) is 7.29. The smallest absolute Gasteiger partial charge is 0.201 e. The van der Waals surface area contributed by atoms with Crippen LogP contribution < -0.4 is 5.40 Å². The van der Waals surface area contributed by atoms with Gasteiger partial charge in [-0.2, -0.15) is 0 Å². The molecule has 2 aliphatic rings. The Balaban J connectivity index is 2.00. The van der Waals surface area contributed by atoms with E-state index >= 15 is 0 Å². The van der Waals surface area contributed by atoms with E-state index in [4.69, 9.17) is 5.40 Å². The van der Waals surface area contributed by atoms with Crippen molar-refractivity contribution in [3.63, 3.8) is 0 Å². The maximum Gasteiger partial charge on any atom is 0.201 e. The quantitative estimate of drug-likeness (QED) is 0.601. The van der Waals surface area contributed by atoms with Crippen LogP contribution in [0.25, 0.3) is 0 Å². The van der Waals surface area contributed by atoms with Gasteiger partial charge in [0.2, 0.25) is 8.40 Å². The lowest BCUT2D eigenvalue weighted by atomic mass is 10.4. The van der Waals surface area contributed by atoms with Crippen LogP contribution in [0.5, 0.6) is 0 Å². The molecule has 2 saturated heterocycles. The van der Waals surface area contributed by atoms with E-state index in [1.54, 1.807) is 0 Å². The molecule has 2 rings (SSSR count). The molecule has 0 aliphatic carbocycles. The molecule has 2 N–H and O–H groups in total. The fraction of sp³-hybridized carbons (Fsp3) is 1.00. The van der Waals surface area contributed by atoms with Gasteiger partial charge < -0.3 is 9.96 Å². The molecular weight excluding hydrogens is 152 g/mol. The van der Waals surface area contributed by atoms with E-state index in [0.29, 0.717) is 0 Å². The Hall–Kier alpha value is 0.137. The highest BCUT2D eigenvalue weighted by molar-refractivity contribution is 6.74. The molecule has 0 bridgehead atoms. The summed E-state index contributed by atoms with van der Waals surface area (Å²) < 4.78 is 2.64. The van der Waals surface area contributed by atoms with Crippen LogP contribution in [-0.4, -0.2) is 26.1 Å². The van der Waals surface area contributed by atoms with Gasteiger partial charge in [-0.3, -0.25) is 0 Å². The Morgan fingerprint density at radius 1 is 0.909 bits per heavy atom. The second-order valence-corrected chi connectivity index (χ2v) is 7.84. The van der Waals surface area contributed by atoms with Gasteiger partial charge in [0.1, 0.15) is 0 Å². The fourth-order valence-corrected chi connectivity index (χ4v) is 6.28. The van der Waals surface area contributed by atoms with E-state index in [-0.39, 0.29) is 0 Å². The zero-order valence-corrected chi connectivity index (χ0v) is 8.18. The van der Waals surface area contributed by atoms with Crippen molar-refractivity contribution in [3.05, 3.63) is 0 Å². The summed E-state index contributed by atoms with van der Waals surface area (Å²) in [7, 11) is -1.32. The lowest BCUT2D eigenvalue weighted by Crippen LogP contribution is -2.58. The van der Waals surface area contributed by atoms with E-state index in [9.17, 15) is 0 Å². The Labute approximate surface area is 69.9 Å². The number of nitrogens with zero attached hydrogens (tertiary/aromatic N) is 1. The Kier molecular flexibility index (Phi) is 2.04. The first kappa shape index (κ1) is 7.77. The molecule has 2 nitrogen and oxygen atoms in total. The second kappa shape index (κ2) is 2.88. The van der Waals surface area contributed by atoms with Gasteiger partial charge in [0.25, 0.3) is 0 Å². The molecule has 0 radical (unpaired) electrons. The molecule has 2 aliphatic heterocycles. The lowest BCUT2D eigenvalue weighted by Gasteiger charge is -2.31. The van der Waals surface area contributed by atoms with Crippen molar-refractivity contribution in [2.45, 2.75) is 37.8 Å². The highest BCUT2D eigenvalue weighted by Gasteiger charge is 2.39. The van der Waals surface area contributed by atoms with E-state index in [1.807, 2.05) is 0 Å². The molecule has 0 amide bonds. The highest BCUT2D eigenvalue weighted by atomic mass is 28.3. The van der Waals surface area contributed by atoms with Gasteiger partial charge in [-0.1, -0.05) is 12.8 Å². The van der Waals surface area contributed by atoms with Gasteiger partial charge in [-0.05, 0) is 38.0 Å². The number of rotatable bonds is 1. The van der Waals surface area contributed by atoms with Crippen LogP contribution in [0.2, 0.25) is 12.1 Å². The van der Waals surface area contributed by atoms with E-state index in [1.165, 1.54) is 50.9 Å². The largest absolute Gasteiger partial charge is 0.339 e. The highest BCUT2D eigenvalue weighted by Crippen LogP contribution is 2.30. The zero-order chi connectivity index (χ0) is 7.73. The summed E-state index contributed by atoms with van der Waals surface area (Å²) in [5.74, 6) is 0. The zero-order valence-electron chi connectivity index (χ0n) is 7.18. The molecule has 0 unspecified atom stereocenters. The summed E-state index contributed by atoms with van der Waals surface area (Å²) in [5, 5.41) is 6.43. The summed E-state index contributed by atoms with van der Waals surface area (Å²) in [6, 6.07) is 2.74. The van der Waals surface area contributed by atoms with Crippen LogP contribution in [0.4, 0.5) is 0 Å². The maximum atomic E-state index is 6.43. The van der Waals surface area contributed by atoms with Gasteiger partial charge in [0.15, 0.2) is 0 Å². The number of nitrogens with two attached hydrogens (primary N) is 1. The van der Waals surface area contributed by atoms with Gasteiger partial charge in [0, 0.05) is 0 Å². The molecule has 0 saturated carbocycles.